The molecule has 1 N–H and O–H groups in total. The van der Waals surface area contributed by atoms with Crippen LogP contribution in [-0.2, 0) is 4.74 Å². The number of hydrogen-bond acceptors (Lipinski definition) is 2. The summed E-state index contributed by atoms with van der Waals surface area (Å²) in [5, 5.41) is 4.18. The van der Waals surface area contributed by atoms with E-state index in [1.54, 1.807) is 7.11 Å². The number of aryl methyl sites for hydroxylation is 1. The van der Waals surface area contributed by atoms with Crippen molar-refractivity contribution in [1.29, 1.82) is 0 Å². The second-order valence-electron chi connectivity index (χ2n) is 3.76. The zero-order valence-corrected chi connectivity index (χ0v) is 10.3. The maximum Gasteiger partial charge on any atom is 0.0666 e. The normalized spacial score (nSPS) is 12.5. The Morgan fingerprint density at radius 1 is 1.47 bits per heavy atom. The molecule has 0 aliphatic carbocycles. The lowest BCUT2D eigenvalue weighted by Gasteiger charge is -2.16. The van der Waals surface area contributed by atoms with Gasteiger partial charge < -0.3 is 10.1 Å². The molecule has 0 radical (unpaired) electrons. The number of ether oxygens (including phenoxy) is 1. The van der Waals surface area contributed by atoms with Crippen LogP contribution < -0.4 is 5.32 Å². The van der Waals surface area contributed by atoms with Crippen molar-refractivity contribution in [1.82, 2.24) is 0 Å². The molecule has 0 saturated carbocycles. The highest BCUT2D eigenvalue weighted by molar-refractivity contribution is 6.34. The fourth-order valence-electron chi connectivity index (χ4n) is 1.39. The van der Waals surface area contributed by atoms with Crippen LogP contribution in [0.3, 0.4) is 0 Å². The second kappa shape index (κ2) is 5.99. The van der Waals surface area contributed by atoms with Crippen molar-refractivity contribution in [2.24, 2.45) is 0 Å². The lowest BCUT2D eigenvalue weighted by atomic mass is 10.2. The monoisotopic (exact) mass is 227 g/mol. The fraction of sp³-hybridized carbons (Fsp3) is 0.500. The summed E-state index contributed by atoms with van der Waals surface area (Å²) >= 11 is 6.18. The van der Waals surface area contributed by atoms with Gasteiger partial charge in [-0.3, -0.25) is 0 Å². The van der Waals surface area contributed by atoms with E-state index in [4.69, 9.17) is 16.3 Å². The molecule has 0 aromatic heterocycles. The second-order valence-corrected chi connectivity index (χ2v) is 4.14. The summed E-state index contributed by atoms with van der Waals surface area (Å²) in [6.07, 6.45) is 0.973. The van der Waals surface area contributed by atoms with Gasteiger partial charge in [-0.15, -0.1) is 0 Å². The van der Waals surface area contributed by atoms with Gasteiger partial charge in [-0.05, 0) is 31.9 Å². The van der Waals surface area contributed by atoms with Gasteiger partial charge in [0.05, 0.1) is 10.7 Å². The largest absolute Gasteiger partial charge is 0.385 e. The van der Waals surface area contributed by atoms with Crippen molar-refractivity contribution in [2.75, 3.05) is 19.0 Å². The molecule has 1 aromatic carbocycles. The van der Waals surface area contributed by atoms with E-state index in [2.05, 4.69) is 12.2 Å². The van der Waals surface area contributed by atoms with Crippen molar-refractivity contribution in [2.45, 2.75) is 26.3 Å². The van der Waals surface area contributed by atoms with Crippen molar-refractivity contribution in [3.63, 3.8) is 0 Å². The number of hydrogen-bond donors (Lipinski definition) is 1. The molecule has 0 bridgehead atoms. The standard InChI is InChI=1S/C12H18ClNO/c1-9-5-4-6-11(12(9)13)14-10(2)7-8-15-3/h4-6,10,14H,7-8H2,1-3H3. The van der Waals surface area contributed by atoms with Gasteiger partial charge in [0.2, 0.25) is 0 Å². The maximum absolute atomic E-state index is 6.18. The topological polar surface area (TPSA) is 21.3 Å². The van der Waals surface area contributed by atoms with Crippen LogP contribution in [-0.4, -0.2) is 19.8 Å². The van der Waals surface area contributed by atoms with E-state index >= 15 is 0 Å². The molecule has 1 atom stereocenters. The minimum absolute atomic E-state index is 0.365. The van der Waals surface area contributed by atoms with E-state index in [9.17, 15) is 0 Å². The third-order valence-electron chi connectivity index (χ3n) is 2.35. The van der Waals surface area contributed by atoms with Crippen LogP contribution in [0.2, 0.25) is 5.02 Å². The molecule has 0 spiro atoms. The molecule has 0 aliphatic rings. The SMILES string of the molecule is COCCC(C)Nc1cccc(C)c1Cl. The number of nitrogens with one attached hydrogen (secondary N) is 1. The fourth-order valence-corrected chi connectivity index (χ4v) is 1.57. The van der Waals surface area contributed by atoms with E-state index in [0.717, 1.165) is 29.3 Å². The lowest BCUT2D eigenvalue weighted by Crippen LogP contribution is -2.17. The van der Waals surface area contributed by atoms with Gasteiger partial charge in [0.1, 0.15) is 0 Å². The number of rotatable bonds is 5. The highest BCUT2D eigenvalue weighted by Gasteiger charge is 2.06. The lowest BCUT2D eigenvalue weighted by molar-refractivity contribution is 0.191. The van der Waals surface area contributed by atoms with Crippen LogP contribution in [0.1, 0.15) is 18.9 Å². The van der Waals surface area contributed by atoms with Gasteiger partial charge in [-0.25, -0.2) is 0 Å². The molecule has 1 rings (SSSR count). The van der Waals surface area contributed by atoms with Gasteiger partial charge >= 0.3 is 0 Å². The number of anilines is 1. The van der Waals surface area contributed by atoms with E-state index in [1.807, 2.05) is 25.1 Å². The van der Waals surface area contributed by atoms with E-state index in [1.165, 1.54) is 0 Å². The average Bonchev–Trinajstić information content (AvgIpc) is 2.22. The minimum Gasteiger partial charge on any atom is -0.385 e. The number of methoxy groups -OCH3 is 1. The molecule has 1 unspecified atom stereocenters. The Morgan fingerprint density at radius 3 is 2.87 bits per heavy atom. The smallest absolute Gasteiger partial charge is 0.0666 e. The van der Waals surface area contributed by atoms with Crippen molar-refractivity contribution in [3.05, 3.63) is 28.8 Å². The molecule has 0 fully saturated rings. The molecule has 0 aliphatic heterocycles. The highest BCUT2D eigenvalue weighted by Crippen LogP contribution is 2.25. The van der Waals surface area contributed by atoms with Gasteiger partial charge in [-0.1, -0.05) is 23.7 Å². The zero-order chi connectivity index (χ0) is 11.3. The maximum atomic E-state index is 6.18. The van der Waals surface area contributed by atoms with Gasteiger partial charge in [0.15, 0.2) is 0 Å². The van der Waals surface area contributed by atoms with E-state index < -0.39 is 0 Å². The third-order valence-corrected chi connectivity index (χ3v) is 2.85. The molecule has 2 nitrogen and oxygen atoms in total. The van der Waals surface area contributed by atoms with Gasteiger partial charge in [0.25, 0.3) is 0 Å². The molecule has 0 saturated heterocycles. The third kappa shape index (κ3) is 3.73. The van der Waals surface area contributed by atoms with Crippen LogP contribution >= 0.6 is 11.6 Å². The first-order valence-corrected chi connectivity index (χ1v) is 5.53. The first-order chi connectivity index (χ1) is 7.15. The Balaban J connectivity index is 2.60. The number of benzene rings is 1. The minimum atomic E-state index is 0.365. The number of halogens is 1. The summed E-state index contributed by atoms with van der Waals surface area (Å²) in [7, 11) is 1.71. The quantitative estimate of drug-likeness (QED) is 0.832. The molecular weight excluding hydrogens is 210 g/mol. The molecule has 1 aromatic rings. The molecule has 15 heavy (non-hydrogen) atoms. The van der Waals surface area contributed by atoms with E-state index in [0.29, 0.717) is 6.04 Å². The Bertz CT molecular complexity index is 314. The van der Waals surface area contributed by atoms with Crippen molar-refractivity contribution < 1.29 is 4.74 Å². The average molecular weight is 228 g/mol. The van der Waals surface area contributed by atoms with Crippen LogP contribution in [0.4, 0.5) is 5.69 Å². The molecule has 0 heterocycles. The van der Waals surface area contributed by atoms with Crippen LogP contribution in [0.15, 0.2) is 18.2 Å². The Morgan fingerprint density at radius 2 is 2.20 bits per heavy atom. The predicted octanol–water partition coefficient (Wildman–Crippen LogP) is 3.49. The molecule has 3 heteroatoms. The molecule has 0 amide bonds. The summed E-state index contributed by atoms with van der Waals surface area (Å²) in [5.41, 5.74) is 2.10. The Labute approximate surface area is 96.6 Å². The van der Waals surface area contributed by atoms with Crippen molar-refractivity contribution in [3.8, 4) is 0 Å². The molecule has 84 valence electrons. The van der Waals surface area contributed by atoms with Gasteiger partial charge in [0, 0.05) is 19.8 Å². The van der Waals surface area contributed by atoms with Crippen molar-refractivity contribution >= 4 is 17.3 Å². The Hall–Kier alpha value is -0.730. The zero-order valence-electron chi connectivity index (χ0n) is 9.51. The predicted molar refractivity (Wildman–Crippen MR) is 65.8 cm³/mol. The van der Waals surface area contributed by atoms with Crippen LogP contribution in [0.5, 0.6) is 0 Å². The summed E-state index contributed by atoms with van der Waals surface area (Å²) in [6, 6.07) is 6.38. The first kappa shape index (κ1) is 12.3. The van der Waals surface area contributed by atoms with Crippen LogP contribution in [0, 0.1) is 6.92 Å². The summed E-state index contributed by atoms with van der Waals surface area (Å²) in [4.78, 5) is 0. The highest BCUT2D eigenvalue weighted by atomic mass is 35.5. The van der Waals surface area contributed by atoms with Crippen LogP contribution in [0.25, 0.3) is 0 Å². The molecular formula is C12H18ClNO. The summed E-state index contributed by atoms with van der Waals surface area (Å²) < 4.78 is 5.03. The summed E-state index contributed by atoms with van der Waals surface area (Å²) in [6.45, 7) is 4.89. The van der Waals surface area contributed by atoms with Gasteiger partial charge in [-0.2, -0.15) is 0 Å². The Kier molecular flexibility index (Phi) is 4.92. The van der Waals surface area contributed by atoms with E-state index in [-0.39, 0.29) is 0 Å². The summed E-state index contributed by atoms with van der Waals surface area (Å²) in [5.74, 6) is 0. The first-order valence-electron chi connectivity index (χ1n) is 5.15.